The van der Waals surface area contributed by atoms with Crippen LogP contribution in [0.15, 0.2) is 60.8 Å². The average Bonchev–Trinajstić information content (AvgIpc) is 3.38. The molecule has 1 fully saturated rings. The molecule has 2 N–H and O–H groups in total. The molecule has 0 spiro atoms. The van der Waals surface area contributed by atoms with Gasteiger partial charge in [0.15, 0.2) is 0 Å². The summed E-state index contributed by atoms with van der Waals surface area (Å²) in [5.41, 5.74) is 3.38. The van der Waals surface area contributed by atoms with Crippen molar-refractivity contribution in [2.45, 2.75) is 31.8 Å². The van der Waals surface area contributed by atoms with E-state index in [0.29, 0.717) is 13.0 Å². The molecule has 144 valence electrons. The number of hydrogen-bond acceptors (Lipinski definition) is 3. The summed E-state index contributed by atoms with van der Waals surface area (Å²) in [7, 11) is 0. The van der Waals surface area contributed by atoms with Gasteiger partial charge in [-0.15, -0.1) is 0 Å². The lowest BCUT2D eigenvalue weighted by atomic mass is 10.1. The zero-order chi connectivity index (χ0) is 19.3. The second-order valence-electron chi connectivity index (χ2n) is 7.06. The Hall–Kier alpha value is -2.99. The summed E-state index contributed by atoms with van der Waals surface area (Å²) in [4.78, 5) is 12.3. The fraction of sp³-hybridized carbons (Fsp3) is 0.273. The Balaban J connectivity index is 1.56. The largest absolute Gasteiger partial charge is 0.352 e. The first-order chi connectivity index (χ1) is 13.7. The van der Waals surface area contributed by atoms with Crippen LogP contribution in [0.4, 0.5) is 4.39 Å². The third-order valence-corrected chi connectivity index (χ3v) is 5.00. The molecule has 0 radical (unpaired) electrons. The monoisotopic (exact) mass is 378 g/mol. The van der Waals surface area contributed by atoms with Gasteiger partial charge in [0.25, 0.3) is 0 Å². The van der Waals surface area contributed by atoms with Crippen LogP contribution < -0.4 is 10.6 Å². The van der Waals surface area contributed by atoms with Gasteiger partial charge in [-0.3, -0.25) is 4.79 Å². The van der Waals surface area contributed by atoms with Crippen LogP contribution in [0.25, 0.3) is 16.9 Å². The molecule has 2 aromatic carbocycles. The molecule has 28 heavy (non-hydrogen) atoms. The molecule has 4 rings (SSSR count). The Labute approximate surface area is 163 Å². The summed E-state index contributed by atoms with van der Waals surface area (Å²) >= 11 is 0. The zero-order valence-electron chi connectivity index (χ0n) is 15.6. The molecule has 1 unspecified atom stereocenters. The fourth-order valence-corrected chi connectivity index (χ4v) is 3.52. The molecule has 3 aromatic rings. The number of carbonyl (C=O) groups is 1. The number of rotatable bonds is 6. The van der Waals surface area contributed by atoms with E-state index in [2.05, 4.69) is 10.6 Å². The summed E-state index contributed by atoms with van der Waals surface area (Å²) < 4.78 is 15.1. The van der Waals surface area contributed by atoms with Gasteiger partial charge in [0.1, 0.15) is 5.82 Å². The first-order valence-corrected chi connectivity index (χ1v) is 9.59. The van der Waals surface area contributed by atoms with Crippen molar-refractivity contribution >= 4 is 5.91 Å². The molecule has 1 atom stereocenters. The van der Waals surface area contributed by atoms with Crippen molar-refractivity contribution in [3.8, 4) is 16.9 Å². The quantitative estimate of drug-likeness (QED) is 0.691. The van der Waals surface area contributed by atoms with Crippen LogP contribution >= 0.6 is 0 Å². The maximum atomic E-state index is 13.3. The minimum atomic E-state index is -0.287. The highest BCUT2D eigenvalue weighted by atomic mass is 19.1. The van der Waals surface area contributed by atoms with Crippen molar-refractivity contribution in [1.82, 2.24) is 20.4 Å². The van der Waals surface area contributed by atoms with Gasteiger partial charge in [-0.05, 0) is 55.8 Å². The molecule has 2 heterocycles. The number of aromatic nitrogens is 2. The van der Waals surface area contributed by atoms with E-state index in [9.17, 15) is 9.18 Å². The molecule has 0 aliphatic carbocycles. The Morgan fingerprint density at radius 1 is 1.18 bits per heavy atom. The lowest BCUT2D eigenvalue weighted by Gasteiger charge is -2.10. The van der Waals surface area contributed by atoms with E-state index >= 15 is 0 Å². The molecular formula is C22H23FN4O. The topological polar surface area (TPSA) is 59.0 Å². The molecule has 1 aliphatic heterocycles. The van der Waals surface area contributed by atoms with E-state index in [1.54, 1.807) is 16.8 Å². The van der Waals surface area contributed by atoms with Gasteiger partial charge in [0, 0.05) is 36.3 Å². The van der Waals surface area contributed by atoms with Crippen LogP contribution in [0.2, 0.25) is 0 Å². The predicted molar refractivity (Wildman–Crippen MR) is 106 cm³/mol. The lowest BCUT2D eigenvalue weighted by Crippen LogP contribution is -2.31. The molecule has 6 heteroatoms. The number of halogens is 1. The Bertz CT molecular complexity index is 931. The van der Waals surface area contributed by atoms with Gasteiger partial charge in [-0.25, -0.2) is 9.07 Å². The second kappa shape index (κ2) is 8.35. The summed E-state index contributed by atoms with van der Waals surface area (Å²) in [6, 6.07) is 16.3. The third kappa shape index (κ3) is 4.28. The van der Waals surface area contributed by atoms with Crippen molar-refractivity contribution < 1.29 is 9.18 Å². The van der Waals surface area contributed by atoms with Crippen molar-refractivity contribution in [2.75, 3.05) is 6.54 Å². The van der Waals surface area contributed by atoms with E-state index in [4.69, 9.17) is 5.10 Å². The van der Waals surface area contributed by atoms with Gasteiger partial charge in [-0.1, -0.05) is 18.2 Å². The number of hydrogen-bond donors (Lipinski definition) is 2. The van der Waals surface area contributed by atoms with Gasteiger partial charge in [0.2, 0.25) is 5.91 Å². The van der Waals surface area contributed by atoms with Gasteiger partial charge < -0.3 is 10.6 Å². The van der Waals surface area contributed by atoms with Crippen molar-refractivity contribution in [1.29, 1.82) is 0 Å². The van der Waals surface area contributed by atoms with E-state index < -0.39 is 0 Å². The second-order valence-corrected chi connectivity index (χ2v) is 7.06. The smallest absolute Gasteiger partial charge is 0.221 e. The maximum absolute atomic E-state index is 13.3. The third-order valence-electron chi connectivity index (χ3n) is 5.00. The minimum absolute atomic E-state index is 0.0249. The Kier molecular flexibility index (Phi) is 5.48. The highest BCUT2D eigenvalue weighted by Crippen LogP contribution is 2.24. The summed E-state index contributed by atoms with van der Waals surface area (Å²) in [5, 5.41) is 11.0. The minimum Gasteiger partial charge on any atom is -0.352 e. The zero-order valence-corrected chi connectivity index (χ0v) is 15.6. The fourth-order valence-electron chi connectivity index (χ4n) is 3.52. The highest BCUT2D eigenvalue weighted by molar-refractivity contribution is 5.77. The maximum Gasteiger partial charge on any atom is 0.221 e. The SMILES string of the molecule is O=C(CC1CCCN1)NCc1cn(-c2ccccc2)nc1-c1ccc(F)cc1. The first-order valence-electron chi connectivity index (χ1n) is 9.59. The summed E-state index contributed by atoms with van der Waals surface area (Å²) in [5.74, 6) is -0.262. The molecule has 0 bridgehead atoms. The number of amides is 1. The molecule has 1 saturated heterocycles. The number of para-hydroxylation sites is 1. The number of nitrogens with one attached hydrogen (secondary N) is 2. The number of benzene rings is 2. The number of nitrogens with zero attached hydrogens (tertiary/aromatic N) is 2. The van der Waals surface area contributed by atoms with Crippen LogP contribution in [-0.4, -0.2) is 28.3 Å². The Morgan fingerprint density at radius 2 is 1.96 bits per heavy atom. The van der Waals surface area contributed by atoms with E-state index in [1.807, 2.05) is 36.5 Å². The molecule has 1 aliphatic rings. The lowest BCUT2D eigenvalue weighted by molar-refractivity contribution is -0.121. The van der Waals surface area contributed by atoms with E-state index in [1.165, 1.54) is 12.1 Å². The van der Waals surface area contributed by atoms with Crippen molar-refractivity contribution in [3.63, 3.8) is 0 Å². The standard InChI is InChI=1S/C22H23FN4O/c23-18-10-8-16(9-11-18)22-17(14-25-21(28)13-19-5-4-12-24-19)15-27(26-22)20-6-2-1-3-7-20/h1-3,6-11,15,19,24H,4-5,12-14H2,(H,25,28). The van der Waals surface area contributed by atoms with Crippen LogP contribution in [0.1, 0.15) is 24.8 Å². The van der Waals surface area contributed by atoms with Gasteiger partial charge in [0.05, 0.1) is 11.4 Å². The number of carbonyl (C=O) groups excluding carboxylic acids is 1. The summed E-state index contributed by atoms with van der Waals surface area (Å²) in [6.45, 7) is 1.36. The highest BCUT2D eigenvalue weighted by Gasteiger charge is 2.18. The van der Waals surface area contributed by atoms with Crippen molar-refractivity contribution in [3.05, 3.63) is 72.2 Å². The normalized spacial score (nSPS) is 16.2. The van der Waals surface area contributed by atoms with Crippen LogP contribution in [0.3, 0.4) is 0 Å². The van der Waals surface area contributed by atoms with Gasteiger partial charge in [-0.2, -0.15) is 5.10 Å². The van der Waals surface area contributed by atoms with Gasteiger partial charge >= 0.3 is 0 Å². The molecule has 1 aromatic heterocycles. The van der Waals surface area contributed by atoms with Crippen LogP contribution in [0, 0.1) is 5.82 Å². The van der Waals surface area contributed by atoms with E-state index in [0.717, 1.165) is 41.9 Å². The summed E-state index contributed by atoms with van der Waals surface area (Å²) in [6.07, 6.45) is 4.57. The molecule has 0 saturated carbocycles. The van der Waals surface area contributed by atoms with Crippen molar-refractivity contribution in [2.24, 2.45) is 0 Å². The average molecular weight is 378 g/mol. The Morgan fingerprint density at radius 3 is 2.68 bits per heavy atom. The van der Waals surface area contributed by atoms with Crippen LogP contribution in [0.5, 0.6) is 0 Å². The van der Waals surface area contributed by atoms with E-state index in [-0.39, 0.29) is 17.8 Å². The first kappa shape index (κ1) is 18.4. The molecular weight excluding hydrogens is 355 g/mol. The molecule has 5 nitrogen and oxygen atoms in total. The predicted octanol–water partition coefficient (Wildman–Crippen LogP) is 3.44. The van der Waals surface area contributed by atoms with Crippen LogP contribution in [-0.2, 0) is 11.3 Å². The molecule has 1 amide bonds.